The Morgan fingerprint density at radius 1 is 1.04 bits per heavy atom. The van der Waals surface area contributed by atoms with Crippen LogP contribution in [0.1, 0.15) is 44.9 Å². The maximum atomic E-state index is 13.5. The zero-order valence-electron chi connectivity index (χ0n) is 12.1. The third-order valence-corrected chi connectivity index (χ3v) is 4.26. The maximum Gasteiger partial charge on any atom is 0.431 e. The van der Waals surface area contributed by atoms with Crippen molar-refractivity contribution >= 4 is 5.78 Å². The fraction of sp³-hybridized carbons (Fsp3) is 0.857. The minimum absolute atomic E-state index is 0.0230. The molecule has 1 aliphatic carbocycles. The molecule has 0 aromatic rings. The van der Waals surface area contributed by atoms with E-state index < -0.39 is 36.8 Å². The number of nitrogens with zero attached hydrogens (tertiary/aromatic N) is 1. The number of hydrogen-bond donors (Lipinski definition) is 0. The molecule has 0 bridgehead atoms. The second-order valence-electron chi connectivity index (χ2n) is 5.80. The van der Waals surface area contributed by atoms with Gasteiger partial charge in [0.05, 0.1) is 6.07 Å². The second-order valence-corrected chi connectivity index (χ2v) is 5.80. The van der Waals surface area contributed by atoms with Gasteiger partial charge in [0.2, 0.25) is 0 Å². The van der Waals surface area contributed by atoms with Crippen LogP contribution in [0.3, 0.4) is 0 Å². The van der Waals surface area contributed by atoms with Gasteiger partial charge in [0.1, 0.15) is 5.78 Å². The largest absolute Gasteiger partial charge is 0.431 e. The molecule has 2 nitrogen and oxygen atoms in total. The van der Waals surface area contributed by atoms with Crippen LogP contribution in [0.25, 0.3) is 0 Å². The highest BCUT2D eigenvalue weighted by Crippen LogP contribution is 2.49. The highest BCUT2D eigenvalue weighted by atomic mass is 19.4. The summed E-state index contributed by atoms with van der Waals surface area (Å²) < 4.78 is 87.9. The summed E-state index contributed by atoms with van der Waals surface area (Å²) in [6.07, 6.45) is -13.6. The van der Waals surface area contributed by atoms with Crippen molar-refractivity contribution in [2.75, 3.05) is 0 Å². The Morgan fingerprint density at radius 2 is 1.52 bits per heavy atom. The standard InChI is InChI=1S/C14H16F7NO/c15-12(13(16,17)18,14(19,20)21)7-1-2-10(8-22)9-3-5-11(23)6-4-9/h9-10H,1-7H2. The van der Waals surface area contributed by atoms with Crippen LogP contribution in [0.2, 0.25) is 0 Å². The predicted octanol–water partition coefficient (Wildman–Crippen LogP) is 4.89. The van der Waals surface area contributed by atoms with Crippen LogP contribution in [0.5, 0.6) is 0 Å². The lowest BCUT2D eigenvalue weighted by Crippen LogP contribution is -2.53. The number of Topliss-reactive ketones (excluding diaryl/α,β-unsaturated/α-hetero) is 1. The van der Waals surface area contributed by atoms with Gasteiger partial charge >= 0.3 is 12.4 Å². The molecule has 1 unspecified atom stereocenters. The van der Waals surface area contributed by atoms with E-state index in [-0.39, 0.29) is 31.0 Å². The number of halogens is 7. The summed E-state index contributed by atoms with van der Waals surface area (Å²) in [4.78, 5) is 11.1. The quantitative estimate of drug-likeness (QED) is 0.665. The molecule has 23 heavy (non-hydrogen) atoms. The molecule has 1 fully saturated rings. The molecule has 1 rings (SSSR count). The average molecular weight is 347 g/mol. The highest BCUT2D eigenvalue weighted by molar-refractivity contribution is 5.79. The van der Waals surface area contributed by atoms with Crippen LogP contribution in [-0.4, -0.2) is 23.8 Å². The van der Waals surface area contributed by atoms with E-state index in [1.165, 1.54) is 0 Å². The molecule has 1 saturated carbocycles. The van der Waals surface area contributed by atoms with Gasteiger partial charge in [-0.25, -0.2) is 4.39 Å². The van der Waals surface area contributed by atoms with Crippen molar-refractivity contribution in [1.82, 2.24) is 0 Å². The molecular weight excluding hydrogens is 331 g/mol. The van der Waals surface area contributed by atoms with E-state index in [1.54, 1.807) is 0 Å². The zero-order valence-corrected chi connectivity index (χ0v) is 12.1. The summed E-state index contributed by atoms with van der Waals surface area (Å²) in [6.45, 7) is 0. The summed E-state index contributed by atoms with van der Waals surface area (Å²) in [5.41, 5.74) is -5.26. The first-order valence-corrected chi connectivity index (χ1v) is 7.16. The topological polar surface area (TPSA) is 40.9 Å². The molecule has 0 spiro atoms. The molecule has 0 aliphatic heterocycles. The first kappa shape index (κ1) is 19.7. The van der Waals surface area contributed by atoms with Crippen LogP contribution >= 0.6 is 0 Å². The van der Waals surface area contributed by atoms with Gasteiger partial charge in [-0.05, 0) is 38.0 Å². The Balaban J connectivity index is 2.65. The summed E-state index contributed by atoms with van der Waals surface area (Å²) in [5.74, 6) is -0.993. The normalized spacial score (nSPS) is 19.5. The molecule has 0 saturated heterocycles. The van der Waals surface area contributed by atoms with Crippen molar-refractivity contribution in [1.29, 1.82) is 5.26 Å². The van der Waals surface area contributed by atoms with Gasteiger partial charge in [-0.3, -0.25) is 4.79 Å². The minimum atomic E-state index is -6.05. The number of carbonyl (C=O) groups is 1. The van der Waals surface area contributed by atoms with Crippen molar-refractivity contribution in [2.45, 2.75) is 63.0 Å². The molecule has 0 radical (unpaired) electrons. The van der Waals surface area contributed by atoms with Crippen molar-refractivity contribution < 1.29 is 35.5 Å². The number of nitriles is 1. The van der Waals surface area contributed by atoms with Crippen molar-refractivity contribution in [3.05, 3.63) is 0 Å². The molecule has 9 heteroatoms. The van der Waals surface area contributed by atoms with Crippen LogP contribution in [-0.2, 0) is 4.79 Å². The van der Waals surface area contributed by atoms with Crippen LogP contribution in [0, 0.1) is 23.2 Å². The molecule has 1 atom stereocenters. The monoisotopic (exact) mass is 347 g/mol. The zero-order chi connectivity index (χ0) is 17.9. The van der Waals surface area contributed by atoms with E-state index >= 15 is 0 Å². The fourth-order valence-electron chi connectivity index (χ4n) is 2.78. The molecule has 0 aromatic heterocycles. The van der Waals surface area contributed by atoms with Gasteiger partial charge in [-0.15, -0.1) is 0 Å². The molecule has 0 aromatic carbocycles. The average Bonchev–Trinajstić information content (AvgIpc) is 2.42. The van der Waals surface area contributed by atoms with Gasteiger partial charge in [-0.1, -0.05) is 0 Å². The van der Waals surface area contributed by atoms with E-state index in [0.29, 0.717) is 12.8 Å². The van der Waals surface area contributed by atoms with E-state index in [0.717, 1.165) is 0 Å². The predicted molar refractivity (Wildman–Crippen MR) is 65.9 cm³/mol. The Labute approximate surface area is 128 Å². The number of hydrogen-bond acceptors (Lipinski definition) is 2. The van der Waals surface area contributed by atoms with E-state index in [2.05, 4.69) is 0 Å². The van der Waals surface area contributed by atoms with Crippen LogP contribution in [0.15, 0.2) is 0 Å². The van der Waals surface area contributed by atoms with Gasteiger partial charge in [0.15, 0.2) is 0 Å². The van der Waals surface area contributed by atoms with Crippen molar-refractivity contribution in [3.63, 3.8) is 0 Å². The van der Waals surface area contributed by atoms with Gasteiger partial charge < -0.3 is 0 Å². The number of alkyl halides is 7. The number of ketones is 1. The highest BCUT2D eigenvalue weighted by Gasteiger charge is 2.71. The van der Waals surface area contributed by atoms with Crippen LogP contribution < -0.4 is 0 Å². The lowest BCUT2D eigenvalue weighted by molar-refractivity contribution is -0.343. The Morgan fingerprint density at radius 3 is 1.91 bits per heavy atom. The number of carbonyl (C=O) groups excluding carboxylic acids is 1. The summed E-state index contributed by atoms with van der Waals surface area (Å²) in [5, 5.41) is 9.02. The summed E-state index contributed by atoms with van der Waals surface area (Å²) in [6, 6.07) is 1.85. The molecule has 132 valence electrons. The Hall–Kier alpha value is -1.33. The lowest BCUT2D eigenvalue weighted by atomic mass is 9.77. The SMILES string of the molecule is N#CC(CCCC(F)(C(F)(F)F)C(F)(F)F)C1CCC(=O)CC1. The molecule has 1 aliphatic rings. The first-order chi connectivity index (χ1) is 10.4. The smallest absolute Gasteiger partial charge is 0.300 e. The van der Waals surface area contributed by atoms with E-state index in [4.69, 9.17) is 5.26 Å². The van der Waals surface area contributed by atoms with Gasteiger partial charge in [0.25, 0.3) is 5.67 Å². The second kappa shape index (κ2) is 7.05. The summed E-state index contributed by atoms with van der Waals surface area (Å²) in [7, 11) is 0. The Kier molecular flexibility index (Phi) is 6.05. The number of rotatable bonds is 5. The fourth-order valence-corrected chi connectivity index (χ4v) is 2.78. The molecular formula is C14H16F7NO. The van der Waals surface area contributed by atoms with E-state index in [1.807, 2.05) is 6.07 Å². The Bertz CT molecular complexity index is 439. The summed E-state index contributed by atoms with van der Waals surface area (Å²) >= 11 is 0. The van der Waals surface area contributed by atoms with Gasteiger partial charge in [-0.2, -0.15) is 31.6 Å². The van der Waals surface area contributed by atoms with Crippen LogP contribution in [0.4, 0.5) is 30.7 Å². The third-order valence-electron chi connectivity index (χ3n) is 4.26. The third kappa shape index (κ3) is 4.58. The molecule has 0 N–H and O–H groups in total. The minimum Gasteiger partial charge on any atom is -0.300 e. The van der Waals surface area contributed by atoms with Crippen molar-refractivity contribution in [3.8, 4) is 6.07 Å². The van der Waals surface area contributed by atoms with Crippen molar-refractivity contribution in [2.24, 2.45) is 11.8 Å². The first-order valence-electron chi connectivity index (χ1n) is 7.16. The molecule has 0 heterocycles. The molecule has 0 amide bonds. The van der Waals surface area contributed by atoms with E-state index in [9.17, 15) is 35.5 Å². The van der Waals surface area contributed by atoms with Gasteiger partial charge in [0, 0.05) is 18.8 Å². The maximum absolute atomic E-state index is 13.5. The lowest BCUT2D eigenvalue weighted by Gasteiger charge is -2.31.